The highest BCUT2D eigenvalue weighted by molar-refractivity contribution is 5.36. The van der Waals surface area contributed by atoms with Gasteiger partial charge in [-0.15, -0.1) is 6.58 Å². The normalized spacial score (nSPS) is 11.1. The minimum Gasteiger partial charge on any atom is -0.367 e. The molecule has 0 radical (unpaired) electrons. The first-order chi connectivity index (χ1) is 6.54. The molecule has 0 aliphatic heterocycles. The topological polar surface area (TPSA) is 24.9 Å². The van der Waals surface area contributed by atoms with Crippen molar-refractivity contribution in [2.45, 2.75) is 6.18 Å². The zero-order valence-electron chi connectivity index (χ0n) is 7.30. The van der Waals surface area contributed by atoms with Gasteiger partial charge in [-0.25, -0.2) is 4.98 Å². The van der Waals surface area contributed by atoms with Crippen LogP contribution in [0, 0.1) is 0 Å². The van der Waals surface area contributed by atoms with Crippen LogP contribution in [0.1, 0.15) is 5.69 Å². The van der Waals surface area contributed by atoms with Gasteiger partial charge >= 0.3 is 6.18 Å². The van der Waals surface area contributed by atoms with Crippen molar-refractivity contribution in [3.05, 3.63) is 36.5 Å². The summed E-state index contributed by atoms with van der Waals surface area (Å²) in [5.74, 6) is 0.194. The second-order valence-electron chi connectivity index (χ2n) is 2.58. The van der Waals surface area contributed by atoms with E-state index in [2.05, 4.69) is 16.9 Å². The molecule has 0 bridgehead atoms. The minimum atomic E-state index is -4.40. The predicted octanol–water partition coefficient (Wildman–Crippen LogP) is 2.70. The molecule has 0 fully saturated rings. The Labute approximate surface area is 79.5 Å². The second-order valence-corrected chi connectivity index (χ2v) is 2.58. The highest BCUT2D eigenvalue weighted by Gasteiger charge is 2.32. The molecule has 0 aliphatic carbocycles. The molecular formula is C9H9F3N2. The van der Waals surface area contributed by atoms with E-state index in [1.54, 1.807) is 6.08 Å². The third-order valence-corrected chi connectivity index (χ3v) is 1.47. The first-order valence-electron chi connectivity index (χ1n) is 3.93. The molecule has 0 aliphatic rings. The number of hydrogen-bond acceptors (Lipinski definition) is 2. The van der Waals surface area contributed by atoms with E-state index >= 15 is 0 Å². The van der Waals surface area contributed by atoms with Crippen molar-refractivity contribution in [2.75, 3.05) is 11.9 Å². The van der Waals surface area contributed by atoms with Crippen molar-refractivity contribution in [1.29, 1.82) is 0 Å². The quantitative estimate of drug-likeness (QED) is 0.762. The molecule has 0 spiro atoms. The summed E-state index contributed by atoms with van der Waals surface area (Å²) in [6, 6.07) is 3.71. The maximum Gasteiger partial charge on any atom is 0.433 e. The Balaban J connectivity index is 2.84. The van der Waals surface area contributed by atoms with Crippen LogP contribution >= 0.6 is 0 Å². The van der Waals surface area contributed by atoms with Gasteiger partial charge in [0.2, 0.25) is 0 Å². The smallest absolute Gasteiger partial charge is 0.367 e. The van der Waals surface area contributed by atoms with Crippen LogP contribution in [0.3, 0.4) is 0 Å². The van der Waals surface area contributed by atoms with Gasteiger partial charge in [0.25, 0.3) is 0 Å². The van der Waals surface area contributed by atoms with Crippen LogP contribution in [0.15, 0.2) is 30.9 Å². The molecule has 0 atom stereocenters. The summed E-state index contributed by atoms with van der Waals surface area (Å²) in [5, 5.41) is 2.68. The van der Waals surface area contributed by atoms with E-state index in [0.29, 0.717) is 6.54 Å². The Morgan fingerprint density at radius 3 is 2.71 bits per heavy atom. The van der Waals surface area contributed by atoms with Crippen molar-refractivity contribution >= 4 is 5.82 Å². The molecule has 0 saturated carbocycles. The van der Waals surface area contributed by atoms with Crippen LogP contribution in [0.2, 0.25) is 0 Å². The monoisotopic (exact) mass is 202 g/mol. The first kappa shape index (κ1) is 10.6. The molecule has 76 valence electrons. The number of anilines is 1. The Bertz CT molecular complexity index is 320. The molecule has 0 aromatic carbocycles. The molecule has 1 N–H and O–H groups in total. The number of nitrogens with zero attached hydrogens (tertiary/aromatic N) is 1. The van der Waals surface area contributed by atoms with Gasteiger partial charge in [-0.3, -0.25) is 0 Å². The van der Waals surface area contributed by atoms with Crippen molar-refractivity contribution < 1.29 is 13.2 Å². The van der Waals surface area contributed by atoms with Crippen LogP contribution in [-0.2, 0) is 6.18 Å². The van der Waals surface area contributed by atoms with Gasteiger partial charge in [-0.1, -0.05) is 12.1 Å². The van der Waals surface area contributed by atoms with Crippen LogP contribution < -0.4 is 5.32 Å². The van der Waals surface area contributed by atoms with Crippen LogP contribution in [0.25, 0.3) is 0 Å². The van der Waals surface area contributed by atoms with E-state index in [1.165, 1.54) is 12.1 Å². The third-order valence-electron chi connectivity index (χ3n) is 1.47. The first-order valence-corrected chi connectivity index (χ1v) is 3.93. The van der Waals surface area contributed by atoms with Gasteiger partial charge in [-0.2, -0.15) is 13.2 Å². The fraction of sp³-hybridized carbons (Fsp3) is 0.222. The number of nitrogens with one attached hydrogen (secondary N) is 1. The lowest BCUT2D eigenvalue weighted by Crippen LogP contribution is -2.10. The van der Waals surface area contributed by atoms with Crippen molar-refractivity contribution in [3.63, 3.8) is 0 Å². The van der Waals surface area contributed by atoms with E-state index in [0.717, 1.165) is 6.07 Å². The molecule has 0 unspecified atom stereocenters. The Kier molecular flexibility index (Phi) is 3.11. The maximum atomic E-state index is 12.2. The molecule has 1 rings (SSSR count). The summed E-state index contributed by atoms with van der Waals surface area (Å²) in [6.45, 7) is 3.82. The number of hydrogen-bond donors (Lipinski definition) is 1. The fourth-order valence-corrected chi connectivity index (χ4v) is 0.868. The Morgan fingerprint density at radius 1 is 1.43 bits per heavy atom. The van der Waals surface area contributed by atoms with E-state index in [9.17, 15) is 13.2 Å². The highest BCUT2D eigenvalue weighted by Crippen LogP contribution is 2.27. The Hall–Kier alpha value is -1.52. The van der Waals surface area contributed by atoms with E-state index in [1.807, 2.05) is 0 Å². The number of halogens is 3. The molecule has 1 aromatic heterocycles. The standard InChI is InChI=1S/C9H9F3N2/c1-2-6-13-8-5-3-4-7(14-8)9(10,11)12/h2-5H,1,6H2,(H,13,14). The maximum absolute atomic E-state index is 12.2. The highest BCUT2D eigenvalue weighted by atomic mass is 19.4. The molecule has 0 amide bonds. The lowest BCUT2D eigenvalue weighted by molar-refractivity contribution is -0.141. The predicted molar refractivity (Wildman–Crippen MR) is 47.9 cm³/mol. The SMILES string of the molecule is C=CCNc1cccc(C(F)(F)F)n1. The number of pyridine rings is 1. The van der Waals surface area contributed by atoms with Gasteiger partial charge in [0.05, 0.1) is 0 Å². The number of aromatic nitrogens is 1. The minimum absolute atomic E-state index is 0.194. The van der Waals surface area contributed by atoms with Gasteiger partial charge in [0, 0.05) is 6.54 Å². The molecular weight excluding hydrogens is 193 g/mol. The third kappa shape index (κ3) is 2.76. The van der Waals surface area contributed by atoms with Crippen molar-refractivity contribution in [3.8, 4) is 0 Å². The summed E-state index contributed by atoms with van der Waals surface area (Å²) in [5.41, 5.74) is -0.897. The van der Waals surface area contributed by atoms with E-state index < -0.39 is 11.9 Å². The molecule has 0 saturated heterocycles. The largest absolute Gasteiger partial charge is 0.433 e. The number of rotatable bonds is 3. The van der Waals surface area contributed by atoms with E-state index in [-0.39, 0.29) is 5.82 Å². The molecule has 14 heavy (non-hydrogen) atoms. The molecule has 1 heterocycles. The summed E-state index contributed by atoms with van der Waals surface area (Å²) in [7, 11) is 0. The van der Waals surface area contributed by atoms with Crippen molar-refractivity contribution in [2.24, 2.45) is 0 Å². The molecule has 2 nitrogen and oxygen atoms in total. The summed E-state index contributed by atoms with van der Waals surface area (Å²) in [6.07, 6.45) is -2.85. The average molecular weight is 202 g/mol. The lowest BCUT2D eigenvalue weighted by Gasteiger charge is -2.07. The van der Waals surface area contributed by atoms with Crippen LogP contribution in [-0.4, -0.2) is 11.5 Å². The molecule has 1 aromatic rings. The summed E-state index contributed by atoms with van der Waals surface area (Å²) >= 11 is 0. The van der Waals surface area contributed by atoms with E-state index in [4.69, 9.17) is 0 Å². The average Bonchev–Trinajstić information content (AvgIpc) is 2.14. The Morgan fingerprint density at radius 2 is 2.14 bits per heavy atom. The lowest BCUT2D eigenvalue weighted by atomic mass is 10.3. The van der Waals surface area contributed by atoms with Gasteiger partial charge in [0.15, 0.2) is 0 Å². The van der Waals surface area contributed by atoms with Gasteiger partial charge in [0.1, 0.15) is 11.5 Å². The summed E-state index contributed by atoms with van der Waals surface area (Å²) < 4.78 is 36.5. The van der Waals surface area contributed by atoms with Gasteiger partial charge in [-0.05, 0) is 12.1 Å². The summed E-state index contributed by atoms with van der Waals surface area (Å²) in [4.78, 5) is 3.40. The van der Waals surface area contributed by atoms with Crippen LogP contribution in [0.5, 0.6) is 0 Å². The number of alkyl halides is 3. The van der Waals surface area contributed by atoms with Crippen molar-refractivity contribution in [1.82, 2.24) is 4.98 Å². The van der Waals surface area contributed by atoms with Crippen LogP contribution in [0.4, 0.5) is 19.0 Å². The molecule has 5 heteroatoms. The zero-order valence-corrected chi connectivity index (χ0v) is 7.30. The second kappa shape index (κ2) is 4.13. The zero-order chi connectivity index (χ0) is 10.6. The van der Waals surface area contributed by atoms with Gasteiger partial charge < -0.3 is 5.32 Å². The fourth-order valence-electron chi connectivity index (χ4n) is 0.868.